The molecule has 0 aliphatic carbocycles. The molecule has 0 aliphatic rings. The molecule has 0 saturated carbocycles. The zero-order valence-corrected chi connectivity index (χ0v) is 19.7. The SMILES string of the molecule is CCCCCCCCCc1cccc(S(=O)(=O)O)c1CCCCCCCCC.N. The Labute approximate surface area is 180 Å². The molecule has 0 heterocycles. The van der Waals surface area contributed by atoms with Crippen LogP contribution in [0.5, 0.6) is 0 Å². The average molecular weight is 428 g/mol. The van der Waals surface area contributed by atoms with Crippen molar-refractivity contribution in [2.75, 3.05) is 0 Å². The van der Waals surface area contributed by atoms with Crippen LogP contribution in [0.3, 0.4) is 0 Å². The van der Waals surface area contributed by atoms with E-state index in [1.165, 1.54) is 70.6 Å². The molecule has 0 saturated heterocycles. The van der Waals surface area contributed by atoms with Gasteiger partial charge in [0.2, 0.25) is 0 Å². The Balaban J connectivity index is 0.00000784. The van der Waals surface area contributed by atoms with Gasteiger partial charge in [-0.3, -0.25) is 4.55 Å². The molecule has 0 atom stereocenters. The summed E-state index contributed by atoms with van der Waals surface area (Å²) in [4.78, 5) is 0.124. The number of unbranched alkanes of at least 4 members (excludes halogenated alkanes) is 12. The van der Waals surface area contributed by atoms with Crippen molar-refractivity contribution in [3.05, 3.63) is 29.3 Å². The molecule has 1 aromatic rings. The van der Waals surface area contributed by atoms with E-state index in [-0.39, 0.29) is 11.0 Å². The minimum atomic E-state index is -4.16. The van der Waals surface area contributed by atoms with E-state index in [9.17, 15) is 13.0 Å². The number of aryl methyl sites for hydroxylation is 1. The average Bonchev–Trinajstić information content (AvgIpc) is 2.66. The summed E-state index contributed by atoms with van der Waals surface area (Å²) in [6.07, 6.45) is 18.8. The quantitative estimate of drug-likeness (QED) is 0.197. The van der Waals surface area contributed by atoms with Crippen molar-refractivity contribution in [2.24, 2.45) is 0 Å². The maximum atomic E-state index is 11.8. The largest absolute Gasteiger partial charge is 0.344 e. The first-order valence-electron chi connectivity index (χ1n) is 11.6. The van der Waals surface area contributed by atoms with E-state index in [0.29, 0.717) is 0 Å². The van der Waals surface area contributed by atoms with Gasteiger partial charge in [-0.1, -0.05) is 103 Å². The van der Waals surface area contributed by atoms with E-state index in [0.717, 1.165) is 43.2 Å². The second kappa shape index (κ2) is 16.8. The lowest BCUT2D eigenvalue weighted by atomic mass is 9.96. The summed E-state index contributed by atoms with van der Waals surface area (Å²) in [5.74, 6) is 0. The van der Waals surface area contributed by atoms with Crippen LogP contribution < -0.4 is 6.15 Å². The van der Waals surface area contributed by atoms with Gasteiger partial charge in [0.05, 0.1) is 4.90 Å². The fraction of sp³-hybridized carbons (Fsp3) is 0.750. The molecule has 0 aliphatic heterocycles. The molecule has 170 valence electrons. The van der Waals surface area contributed by atoms with Gasteiger partial charge in [-0.2, -0.15) is 8.42 Å². The van der Waals surface area contributed by atoms with E-state index in [1.807, 2.05) is 6.07 Å². The van der Waals surface area contributed by atoms with Gasteiger partial charge in [0.15, 0.2) is 0 Å². The van der Waals surface area contributed by atoms with Gasteiger partial charge >= 0.3 is 0 Å². The third-order valence-electron chi connectivity index (χ3n) is 5.59. The maximum Gasteiger partial charge on any atom is 0.294 e. The molecule has 4 nitrogen and oxygen atoms in total. The van der Waals surface area contributed by atoms with Crippen LogP contribution >= 0.6 is 0 Å². The highest BCUT2D eigenvalue weighted by Crippen LogP contribution is 2.24. The molecule has 0 unspecified atom stereocenters. The Hall–Kier alpha value is -0.910. The van der Waals surface area contributed by atoms with Crippen LogP contribution in [0.1, 0.15) is 115 Å². The summed E-state index contributed by atoms with van der Waals surface area (Å²) in [5, 5.41) is 0. The van der Waals surface area contributed by atoms with Crippen molar-refractivity contribution < 1.29 is 13.0 Å². The molecule has 0 fully saturated rings. The monoisotopic (exact) mass is 427 g/mol. The second-order valence-electron chi connectivity index (χ2n) is 8.11. The maximum absolute atomic E-state index is 11.8. The van der Waals surface area contributed by atoms with Gasteiger partial charge in [0.25, 0.3) is 10.1 Å². The number of rotatable bonds is 17. The molecule has 0 bridgehead atoms. The van der Waals surface area contributed by atoms with Gasteiger partial charge in [-0.15, -0.1) is 0 Å². The molecular formula is C24H45NO3S. The lowest BCUT2D eigenvalue weighted by Crippen LogP contribution is -2.07. The van der Waals surface area contributed by atoms with Crippen molar-refractivity contribution in [1.29, 1.82) is 0 Å². The molecule has 0 radical (unpaired) electrons. The Morgan fingerprint density at radius 3 is 1.62 bits per heavy atom. The molecule has 0 aromatic heterocycles. The molecule has 5 heteroatoms. The summed E-state index contributed by atoms with van der Waals surface area (Å²) in [6, 6.07) is 5.37. The van der Waals surface area contributed by atoms with Crippen molar-refractivity contribution in [3.8, 4) is 0 Å². The fourth-order valence-corrected chi connectivity index (χ4v) is 4.70. The summed E-state index contributed by atoms with van der Waals surface area (Å²) in [5.41, 5.74) is 1.96. The molecule has 4 N–H and O–H groups in total. The Morgan fingerprint density at radius 1 is 0.690 bits per heavy atom. The number of hydrogen-bond acceptors (Lipinski definition) is 3. The summed E-state index contributed by atoms with van der Waals surface area (Å²) in [7, 11) is -4.16. The van der Waals surface area contributed by atoms with Crippen LogP contribution in [0, 0.1) is 0 Å². The van der Waals surface area contributed by atoms with Crippen LogP contribution in [0.2, 0.25) is 0 Å². The van der Waals surface area contributed by atoms with Gasteiger partial charge in [0, 0.05) is 0 Å². The zero-order valence-electron chi connectivity index (χ0n) is 18.9. The predicted octanol–water partition coefficient (Wildman–Crippen LogP) is 7.68. The van der Waals surface area contributed by atoms with E-state index >= 15 is 0 Å². The Bertz CT molecular complexity index is 629. The fourth-order valence-electron chi connectivity index (χ4n) is 3.90. The zero-order chi connectivity index (χ0) is 20.7. The van der Waals surface area contributed by atoms with Crippen LogP contribution in [0.4, 0.5) is 0 Å². The van der Waals surface area contributed by atoms with Crippen molar-refractivity contribution >= 4 is 10.1 Å². The van der Waals surface area contributed by atoms with Crippen molar-refractivity contribution in [1.82, 2.24) is 6.15 Å². The van der Waals surface area contributed by atoms with Gasteiger partial charge < -0.3 is 6.15 Å². The summed E-state index contributed by atoms with van der Waals surface area (Å²) in [6.45, 7) is 4.45. The number of benzene rings is 1. The van der Waals surface area contributed by atoms with E-state index in [4.69, 9.17) is 0 Å². The highest BCUT2D eigenvalue weighted by molar-refractivity contribution is 7.85. The minimum absolute atomic E-state index is 0. The molecular weight excluding hydrogens is 382 g/mol. The van der Waals surface area contributed by atoms with E-state index < -0.39 is 10.1 Å². The smallest absolute Gasteiger partial charge is 0.294 e. The first-order valence-corrected chi connectivity index (χ1v) is 13.0. The molecule has 1 rings (SSSR count). The Morgan fingerprint density at radius 2 is 1.14 bits per heavy atom. The third kappa shape index (κ3) is 12.4. The van der Waals surface area contributed by atoms with E-state index in [2.05, 4.69) is 13.8 Å². The summed E-state index contributed by atoms with van der Waals surface area (Å²) < 4.78 is 33.3. The highest BCUT2D eigenvalue weighted by atomic mass is 32.2. The standard InChI is InChI=1S/C24H42O3S.H3N/c1-3-5-7-9-11-13-15-18-22-19-17-21-24(28(25,26)27)23(22)20-16-14-12-10-8-6-4-2;/h17,19,21H,3-16,18,20H2,1-2H3,(H,25,26,27);1H3. The normalized spacial score (nSPS) is 11.4. The van der Waals surface area contributed by atoms with Gasteiger partial charge in [-0.25, -0.2) is 0 Å². The lowest BCUT2D eigenvalue weighted by molar-refractivity contribution is 0.481. The molecule has 0 amide bonds. The molecule has 1 aromatic carbocycles. The highest BCUT2D eigenvalue weighted by Gasteiger charge is 2.17. The van der Waals surface area contributed by atoms with Crippen LogP contribution in [0.15, 0.2) is 23.1 Å². The summed E-state index contributed by atoms with van der Waals surface area (Å²) >= 11 is 0. The first kappa shape index (κ1) is 28.1. The van der Waals surface area contributed by atoms with Crippen LogP contribution in [0.25, 0.3) is 0 Å². The predicted molar refractivity (Wildman–Crippen MR) is 125 cm³/mol. The van der Waals surface area contributed by atoms with Crippen LogP contribution in [-0.4, -0.2) is 13.0 Å². The molecule has 29 heavy (non-hydrogen) atoms. The van der Waals surface area contributed by atoms with Gasteiger partial charge in [0.1, 0.15) is 0 Å². The van der Waals surface area contributed by atoms with Gasteiger partial charge in [-0.05, 0) is 42.9 Å². The van der Waals surface area contributed by atoms with Crippen molar-refractivity contribution in [3.63, 3.8) is 0 Å². The molecule has 0 spiro atoms. The number of hydrogen-bond donors (Lipinski definition) is 2. The second-order valence-corrected chi connectivity index (χ2v) is 9.50. The lowest BCUT2D eigenvalue weighted by Gasteiger charge is -2.13. The van der Waals surface area contributed by atoms with Crippen LogP contribution in [-0.2, 0) is 23.0 Å². The minimum Gasteiger partial charge on any atom is -0.344 e. The third-order valence-corrected chi connectivity index (χ3v) is 6.53. The van der Waals surface area contributed by atoms with Crippen molar-refractivity contribution in [2.45, 2.75) is 121 Å². The first-order chi connectivity index (χ1) is 13.5. The van der Waals surface area contributed by atoms with E-state index in [1.54, 1.807) is 12.1 Å². The Kier molecular flexibility index (Phi) is 16.3. The topological polar surface area (TPSA) is 89.4 Å².